The van der Waals surface area contributed by atoms with Crippen molar-refractivity contribution in [1.82, 2.24) is 5.32 Å². The van der Waals surface area contributed by atoms with Gasteiger partial charge in [0.05, 0.1) is 5.92 Å². The summed E-state index contributed by atoms with van der Waals surface area (Å²) in [6.07, 6.45) is -0.269. The number of amides is 1. The first-order valence-corrected chi connectivity index (χ1v) is 7.88. The smallest absolute Gasteiger partial charge is 0.353 e. The number of carbonyl (C=O) groups is 1. The SMILES string of the molecule is O=C(NC1CCCC1CCl)C1CCC(C(F)(F)F)CC1. The Balaban J connectivity index is 1.80. The monoisotopic (exact) mass is 311 g/mol. The summed E-state index contributed by atoms with van der Waals surface area (Å²) in [5.74, 6) is -0.718. The predicted molar refractivity (Wildman–Crippen MR) is 71.5 cm³/mol. The molecule has 2 atom stereocenters. The van der Waals surface area contributed by atoms with E-state index in [4.69, 9.17) is 11.6 Å². The third kappa shape index (κ3) is 3.80. The Morgan fingerprint density at radius 1 is 1.10 bits per heavy atom. The van der Waals surface area contributed by atoms with Crippen LogP contribution in [0.1, 0.15) is 44.9 Å². The summed E-state index contributed by atoms with van der Waals surface area (Å²) in [5.41, 5.74) is 0. The van der Waals surface area contributed by atoms with E-state index in [9.17, 15) is 18.0 Å². The minimum absolute atomic E-state index is 0.0746. The molecule has 1 N–H and O–H groups in total. The van der Waals surface area contributed by atoms with Crippen LogP contribution in [0.15, 0.2) is 0 Å². The van der Waals surface area contributed by atoms with Crippen molar-refractivity contribution in [3.63, 3.8) is 0 Å². The van der Waals surface area contributed by atoms with E-state index in [0.29, 0.717) is 24.6 Å². The Kier molecular flexibility index (Phi) is 5.21. The Hall–Kier alpha value is -0.450. The molecule has 2 aliphatic carbocycles. The zero-order chi connectivity index (χ0) is 14.8. The van der Waals surface area contributed by atoms with Crippen LogP contribution in [0.3, 0.4) is 0 Å². The summed E-state index contributed by atoms with van der Waals surface area (Å²) in [6.45, 7) is 0. The van der Waals surface area contributed by atoms with Gasteiger partial charge in [0.25, 0.3) is 0 Å². The number of nitrogens with one attached hydrogen (secondary N) is 1. The van der Waals surface area contributed by atoms with Crippen molar-refractivity contribution in [3.05, 3.63) is 0 Å². The van der Waals surface area contributed by atoms with Crippen molar-refractivity contribution in [1.29, 1.82) is 0 Å². The lowest BCUT2D eigenvalue weighted by Crippen LogP contribution is -2.43. The Labute approximate surface area is 122 Å². The molecule has 2 saturated carbocycles. The highest BCUT2D eigenvalue weighted by atomic mass is 35.5. The van der Waals surface area contributed by atoms with Crippen LogP contribution < -0.4 is 5.32 Å². The second-order valence-corrected chi connectivity index (χ2v) is 6.36. The number of carbonyl (C=O) groups excluding carboxylic acids is 1. The molecule has 2 nitrogen and oxygen atoms in total. The maximum Gasteiger partial charge on any atom is 0.391 e. The van der Waals surface area contributed by atoms with E-state index < -0.39 is 12.1 Å². The van der Waals surface area contributed by atoms with Crippen LogP contribution in [0, 0.1) is 17.8 Å². The van der Waals surface area contributed by atoms with Gasteiger partial charge < -0.3 is 5.32 Å². The zero-order valence-corrected chi connectivity index (χ0v) is 12.1. The van der Waals surface area contributed by atoms with Gasteiger partial charge in [-0.15, -0.1) is 11.6 Å². The van der Waals surface area contributed by atoms with Crippen LogP contribution in [0.4, 0.5) is 13.2 Å². The number of hydrogen-bond donors (Lipinski definition) is 1. The summed E-state index contributed by atoms with van der Waals surface area (Å²) < 4.78 is 37.7. The molecule has 0 bridgehead atoms. The van der Waals surface area contributed by atoms with E-state index in [1.807, 2.05) is 0 Å². The van der Waals surface area contributed by atoms with Gasteiger partial charge in [-0.3, -0.25) is 4.79 Å². The number of hydrogen-bond acceptors (Lipinski definition) is 1. The molecule has 2 rings (SSSR count). The highest BCUT2D eigenvalue weighted by Gasteiger charge is 2.42. The molecule has 0 aliphatic heterocycles. The summed E-state index contributed by atoms with van der Waals surface area (Å²) in [6, 6.07) is 0.111. The van der Waals surface area contributed by atoms with Crippen LogP contribution in [-0.4, -0.2) is 24.0 Å². The summed E-state index contributed by atoms with van der Waals surface area (Å²) >= 11 is 5.86. The van der Waals surface area contributed by atoms with Crippen molar-refractivity contribution in [2.45, 2.75) is 57.2 Å². The molecule has 1 amide bonds. The standard InChI is InChI=1S/C14H21ClF3NO/c15-8-10-2-1-3-12(10)19-13(20)9-4-6-11(7-5-9)14(16,17)18/h9-12H,1-8H2,(H,19,20). The van der Waals surface area contributed by atoms with Crippen LogP contribution in [0.25, 0.3) is 0 Å². The fourth-order valence-corrected chi connectivity index (χ4v) is 3.76. The maximum atomic E-state index is 12.6. The lowest BCUT2D eigenvalue weighted by molar-refractivity contribution is -0.184. The molecule has 0 radical (unpaired) electrons. The van der Waals surface area contributed by atoms with E-state index in [0.717, 1.165) is 19.3 Å². The molecule has 0 spiro atoms. The molecule has 0 saturated heterocycles. The topological polar surface area (TPSA) is 29.1 Å². The normalized spacial score (nSPS) is 35.0. The first kappa shape index (κ1) is 15.9. The molecular weight excluding hydrogens is 291 g/mol. The summed E-state index contributed by atoms with van der Waals surface area (Å²) in [4.78, 5) is 12.1. The third-order valence-corrected chi connectivity index (χ3v) is 5.14. The minimum atomic E-state index is -4.11. The van der Waals surface area contributed by atoms with E-state index in [1.165, 1.54) is 0 Å². The molecule has 0 aromatic rings. The highest BCUT2D eigenvalue weighted by Crippen LogP contribution is 2.39. The fourth-order valence-electron chi connectivity index (χ4n) is 3.40. The van der Waals surface area contributed by atoms with Gasteiger partial charge in [-0.1, -0.05) is 6.42 Å². The second kappa shape index (κ2) is 6.54. The Bertz CT molecular complexity index is 340. The van der Waals surface area contributed by atoms with Crippen LogP contribution in [-0.2, 0) is 4.79 Å². The molecule has 116 valence electrons. The predicted octanol–water partition coefficient (Wildman–Crippen LogP) is 3.88. The molecule has 2 unspecified atom stereocenters. The van der Waals surface area contributed by atoms with E-state index >= 15 is 0 Å². The zero-order valence-electron chi connectivity index (χ0n) is 11.4. The van der Waals surface area contributed by atoms with Crippen molar-refractivity contribution in [2.24, 2.45) is 17.8 Å². The van der Waals surface area contributed by atoms with Gasteiger partial charge in [-0.2, -0.15) is 13.2 Å². The van der Waals surface area contributed by atoms with Gasteiger partial charge in [0.2, 0.25) is 5.91 Å². The molecular formula is C14H21ClF3NO. The summed E-state index contributed by atoms with van der Waals surface area (Å²) in [7, 11) is 0. The lowest BCUT2D eigenvalue weighted by atomic mass is 9.81. The van der Waals surface area contributed by atoms with Gasteiger partial charge in [0.1, 0.15) is 0 Å². The van der Waals surface area contributed by atoms with E-state index in [1.54, 1.807) is 0 Å². The number of rotatable bonds is 3. The van der Waals surface area contributed by atoms with Crippen molar-refractivity contribution < 1.29 is 18.0 Å². The molecule has 0 aromatic carbocycles. The minimum Gasteiger partial charge on any atom is -0.353 e. The van der Waals surface area contributed by atoms with Gasteiger partial charge in [0.15, 0.2) is 0 Å². The van der Waals surface area contributed by atoms with E-state index in [2.05, 4.69) is 5.32 Å². The van der Waals surface area contributed by atoms with E-state index in [-0.39, 0.29) is 30.7 Å². The molecule has 0 aromatic heterocycles. The molecule has 0 heterocycles. The molecule has 20 heavy (non-hydrogen) atoms. The van der Waals surface area contributed by atoms with Gasteiger partial charge in [-0.05, 0) is 44.4 Å². The maximum absolute atomic E-state index is 12.6. The first-order chi connectivity index (χ1) is 9.41. The van der Waals surface area contributed by atoms with Crippen molar-refractivity contribution in [2.75, 3.05) is 5.88 Å². The highest BCUT2D eigenvalue weighted by molar-refractivity contribution is 6.18. The average Bonchev–Trinajstić information content (AvgIpc) is 2.85. The lowest BCUT2D eigenvalue weighted by Gasteiger charge is -2.30. The Morgan fingerprint density at radius 2 is 1.75 bits per heavy atom. The number of alkyl halides is 4. The largest absolute Gasteiger partial charge is 0.391 e. The molecule has 2 fully saturated rings. The van der Waals surface area contributed by atoms with Crippen molar-refractivity contribution in [3.8, 4) is 0 Å². The van der Waals surface area contributed by atoms with Gasteiger partial charge >= 0.3 is 6.18 Å². The second-order valence-electron chi connectivity index (χ2n) is 6.05. The number of halogens is 4. The molecule has 2 aliphatic rings. The van der Waals surface area contributed by atoms with Crippen LogP contribution >= 0.6 is 11.6 Å². The van der Waals surface area contributed by atoms with Crippen LogP contribution in [0.2, 0.25) is 0 Å². The quantitative estimate of drug-likeness (QED) is 0.787. The third-order valence-electron chi connectivity index (χ3n) is 4.75. The van der Waals surface area contributed by atoms with Gasteiger partial charge in [-0.25, -0.2) is 0 Å². The summed E-state index contributed by atoms with van der Waals surface area (Å²) in [5, 5.41) is 3.00. The first-order valence-electron chi connectivity index (χ1n) is 7.35. The van der Waals surface area contributed by atoms with Gasteiger partial charge in [0, 0.05) is 17.8 Å². The molecule has 6 heteroatoms. The average molecular weight is 312 g/mol. The fraction of sp³-hybridized carbons (Fsp3) is 0.929. The van der Waals surface area contributed by atoms with Crippen LogP contribution in [0.5, 0.6) is 0 Å². The van der Waals surface area contributed by atoms with Crippen molar-refractivity contribution >= 4 is 17.5 Å². The Morgan fingerprint density at radius 3 is 2.30 bits per heavy atom.